The van der Waals surface area contributed by atoms with Crippen LogP contribution in [-0.4, -0.2) is 28.2 Å². The van der Waals surface area contributed by atoms with E-state index in [1.54, 1.807) is 23.5 Å². The molecule has 0 amide bonds. The van der Waals surface area contributed by atoms with Crippen LogP contribution in [0.5, 0.6) is 0 Å². The first kappa shape index (κ1) is 25.3. The Morgan fingerprint density at radius 1 is 0.710 bits per heavy atom. The highest BCUT2D eigenvalue weighted by atomic mass is 32.2. The predicted molar refractivity (Wildman–Crippen MR) is 128 cm³/mol. The van der Waals surface area contributed by atoms with Crippen molar-refractivity contribution in [2.45, 2.75) is 79.5 Å². The van der Waals surface area contributed by atoms with E-state index in [1.807, 2.05) is 64.1 Å². The van der Waals surface area contributed by atoms with Gasteiger partial charge in [0.25, 0.3) is 0 Å². The van der Waals surface area contributed by atoms with Crippen LogP contribution in [0.4, 0.5) is 0 Å². The predicted octanol–water partition coefficient (Wildman–Crippen LogP) is 6.73. The Morgan fingerprint density at radius 3 is 1.39 bits per heavy atom. The van der Waals surface area contributed by atoms with E-state index in [-0.39, 0.29) is 37.0 Å². The van der Waals surface area contributed by atoms with Gasteiger partial charge < -0.3 is 9.47 Å². The van der Waals surface area contributed by atoms with Crippen molar-refractivity contribution in [3.63, 3.8) is 0 Å². The second-order valence-corrected chi connectivity index (χ2v) is 11.0. The van der Waals surface area contributed by atoms with Crippen LogP contribution in [0, 0.1) is 0 Å². The van der Waals surface area contributed by atoms with E-state index >= 15 is 0 Å². The Morgan fingerprint density at radius 2 is 1.06 bits per heavy atom. The van der Waals surface area contributed by atoms with Crippen LogP contribution in [0.3, 0.4) is 0 Å². The first-order valence-electron chi connectivity index (χ1n) is 10.6. The van der Waals surface area contributed by atoms with Gasteiger partial charge in [-0.05, 0) is 64.8 Å². The fourth-order valence-electron chi connectivity index (χ4n) is 2.99. The van der Waals surface area contributed by atoms with Gasteiger partial charge in [0, 0.05) is 22.6 Å². The maximum absolute atomic E-state index is 12.4. The highest BCUT2D eigenvalue weighted by molar-refractivity contribution is 8.18. The normalized spacial score (nSPS) is 11.5. The smallest absolute Gasteiger partial charge is 0.306 e. The summed E-state index contributed by atoms with van der Waals surface area (Å²) in [6.07, 6.45) is 1.44. The van der Waals surface area contributed by atoms with Crippen molar-refractivity contribution in [1.82, 2.24) is 0 Å². The van der Waals surface area contributed by atoms with Gasteiger partial charge in [-0.3, -0.25) is 9.59 Å². The van der Waals surface area contributed by atoms with Gasteiger partial charge in [-0.2, -0.15) is 0 Å². The Labute approximate surface area is 194 Å². The molecular formula is C25H32O4S2. The summed E-state index contributed by atoms with van der Waals surface area (Å²) in [7, 11) is 0. The van der Waals surface area contributed by atoms with E-state index in [0.29, 0.717) is 12.8 Å². The second-order valence-electron chi connectivity index (χ2n) is 7.82. The molecule has 0 aliphatic heterocycles. The lowest BCUT2D eigenvalue weighted by molar-refractivity contribution is -0.147. The van der Waals surface area contributed by atoms with Crippen molar-refractivity contribution < 1.29 is 19.1 Å². The maximum Gasteiger partial charge on any atom is 0.306 e. The maximum atomic E-state index is 12.4. The second kappa shape index (κ2) is 12.8. The quantitative estimate of drug-likeness (QED) is 0.199. The van der Waals surface area contributed by atoms with E-state index < -0.39 is 4.08 Å². The highest BCUT2D eigenvalue weighted by Crippen LogP contribution is 2.51. The SMILES string of the molecule is CC(C)OC(=O)CCC(CCC(=O)OC(C)C)(Sc1ccccc1)Sc1ccccc1. The van der Waals surface area contributed by atoms with Crippen molar-refractivity contribution in [2.75, 3.05) is 0 Å². The van der Waals surface area contributed by atoms with Crippen LogP contribution in [-0.2, 0) is 19.1 Å². The van der Waals surface area contributed by atoms with Crippen LogP contribution in [0.1, 0.15) is 53.4 Å². The summed E-state index contributed by atoms with van der Waals surface area (Å²) in [6, 6.07) is 20.2. The number of carbonyl (C=O) groups is 2. The zero-order valence-electron chi connectivity index (χ0n) is 18.7. The molecule has 0 N–H and O–H groups in total. The standard InChI is InChI=1S/C25H32O4S2/c1-19(2)28-23(26)15-17-25(18-16-24(27)29-20(3)4,30-21-11-7-5-8-12-21)31-22-13-9-6-10-14-22/h5-14,19-20H,15-18H2,1-4H3. The molecule has 0 fully saturated rings. The topological polar surface area (TPSA) is 52.6 Å². The van der Waals surface area contributed by atoms with Crippen molar-refractivity contribution in [1.29, 1.82) is 0 Å². The monoisotopic (exact) mass is 460 g/mol. The van der Waals surface area contributed by atoms with Crippen molar-refractivity contribution >= 4 is 35.5 Å². The van der Waals surface area contributed by atoms with Gasteiger partial charge in [-0.15, -0.1) is 23.5 Å². The van der Waals surface area contributed by atoms with Crippen molar-refractivity contribution in [3.05, 3.63) is 60.7 Å². The zero-order chi connectivity index (χ0) is 22.7. The average molecular weight is 461 g/mol. The van der Waals surface area contributed by atoms with Gasteiger partial charge in [0.1, 0.15) is 0 Å². The van der Waals surface area contributed by atoms with Crippen LogP contribution >= 0.6 is 23.5 Å². The molecule has 2 aromatic rings. The van der Waals surface area contributed by atoms with Gasteiger partial charge in [-0.25, -0.2) is 0 Å². The summed E-state index contributed by atoms with van der Waals surface area (Å²) in [6.45, 7) is 7.41. The number of thioether (sulfide) groups is 2. The van der Waals surface area contributed by atoms with Gasteiger partial charge in [0.05, 0.1) is 16.3 Å². The Balaban J connectivity index is 2.29. The summed E-state index contributed by atoms with van der Waals surface area (Å²) < 4.78 is 10.3. The lowest BCUT2D eigenvalue weighted by Crippen LogP contribution is -2.25. The highest BCUT2D eigenvalue weighted by Gasteiger charge is 2.34. The Bertz CT molecular complexity index is 737. The van der Waals surface area contributed by atoms with Crippen LogP contribution in [0.2, 0.25) is 0 Å². The molecule has 0 aliphatic carbocycles. The number of carbonyl (C=O) groups excluding carboxylic acids is 2. The molecular weight excluding hydrogens is 428 g/mol. The molecule has 31 heavy (non-hydrogen) atoms. The number of rotatable bonds is 12. The van der Waals surface area contributed by atoms with E-state index in [1.165, 1.54) is 0 Å². The number of esters is 2. The van der Waals surface area contributed by atoms with Crippen molar-refractivity contribution in [2.24, 2.45) is 0 Å². The van der Waals surface area contributed by atoms with Gasteiger partial charge in [0.2, 0.25) is 0 Å². The van der Waals surface area contributed by atoms with Gasteiger partial charge in [-0.1, -0.05) is 36.4 Å². The minimum absolute atomic E-state index is 0.147. The Kier molecular flexibility index (Phi) is 10.5. The van der Waals surface area contributed by atoms with E-state index in [9.17, 15) is 9.59 Å². The molecule has 2 aromatic carbocycles. The number of hydrogen-bond acceptors (Lipinski definition) is 6. The van der Waals surface area contributed by atoms with E-state index in [2.05, 4.69) is 24.3 Å². The molecule has 0 aliphatic rings. The Hall–Kier alpha value is -1.92. The molecule has 0 aromatic heterocycles. The van der Waals surface area contributed by atoms with Crippen LogP contribution in [0.25, 0.3) is 0 Å². The molecule has 0 saturated carbocycles. The molecule has 2 rings (SSSR count). The lowest BCUT2D eigenvalue weighted by Gasteiger charge is -2.33. The summed E-state index contributed by atoms with van der Waals surface area (Å²) in [4.78, 5) is 26.9. The lowest BCUT2D eigenvalue weighted by atomic mass is 10.1. The first-order valence-corrected chi connectivity index (χ1v) is 12.3. The van der Waals surface area contributed by atoms with E-state index in [4.69, 9.17) is 9.47 Å². The van der Waals surface area contributed by atoms with Crippen molar-refractivity contribution in [3.8, 4) is 0 Å². The molecule has 0 bridgehead atoms. The largest absolute Gasteiger partial charge is 0.463 e. The minimum atomic E-state index is -0.422. The fraction of sp³-hybridized carbons (Fsp3) is 0.440. The third-order valence-corrected chi connectivity index (χ3v) is 7.32. The number of hydrogen-bond donors (Lipinski definition) is 0. The molecule has 0 saturated heterocycles. The molecule has 0 heterocycles. The average Bonchev–Trinajstić information content (AvgIpc) is 2.71. The molecule has 4 nitrogen and oxygen atoms in total. The van der Waals surface area contributed by atoms with Crippen LogP contribution in [0.15, 0.2) is 70.5 Å². The first-order chi connectivity index (χ1) is 14.8. The summed E-state index contributed by atoms with van der Waals surface area (Å²) in [5, 5.41) is 0. The molecule has 6 heteroatoms. The fourth-order valence-corrected chi connectivity index (χ4v) is 5.99. The van der Waals surface area contributed by atoms with Gasteiger partial charge in [0.15, 0.2) is 0 Å². The third-order valence-electron chi connectivity index (χ3n) is 4.25. The number of ether oxygens (including phenoxy) is 2. The molecule has 0 radical (unpaired) electrons. The summed E-state index contributed by atoms with van der Waals surface area (Å²) in [5.41, 5.74) is 0. The van der Waals surface area contributed by atoms with E-state index in [0.717, 1.165) is 9.79 Å². The molecule has 0 unspecified atom stereocenters. The molecule has 0 atom stereocenters. The number of benzene rings is 2. The molecule has 168 valence electrons. The summed E-state index contributed by atoms with van der Waals surface area (Å²) in [5.74, 6) is -0.432. The molecule has 0 spiro atoms. The third kappa shape index (κ3) is 9.83. The van der Waals surface area contributed by atoms with Crippen LogP contribution < -0.4 is 0 Å². The van der Waals surface area contributed by atoms with Gasteiger partial charge >= 0.3 is 11.9 Å². The summed E-state index contributed by atoms with van der Waals surface area (Å²) >= 11 is 3.40. The minimum Gasteiger partial charge on any atom is -0.463 e. The zero-order valence-corrected chi connectivity index (χ0v) is 20.3.